The number of hydrogen-bond donors (Lipinski definition) is 2. The van der Waals surface area contributed by atoms with E-state index in [1.165, 1.54) is 18.5 Å². The number of rotatable bonds is 8. The van der Waals surface area contributed by atoms with Crippen LogP contribution in [0.2, 0.25) is 0 Å². The number of nitrogens with one attached hydrogen (secondary N) is 2. The minimum atomic E-state index is 0.668. The topological polar surface area (TPSA) is 73.0 Å². The summed E-state index contributed by atoms with van der Waals surface area (Å²) in [5, 5.41) is 10.6. The molecule has 0 saturated heterocycles. The summed E-state index contributed by atoms with van der Waals surface area (Å²) in [4.78, 5) is 13.2. The lowest BCUT2D eigenvalue weighted by Crippen LogP contribution is -2.24. The highest BCUT2D eigenvalue weighted by atomic mass is 15.3. The first-order valence-corrected chi connectivity index (χ1v) is 8.13. The Morgan fingerprint density at radius 1 is 1.22 bits per heavy atom. The second-order valence-corrected chi connectivity index (χ2v) is 6.43. The molecule has 0 bridgehead atoms. The van der Waals surface area contributed by atoms with Crippen molar-refractivity contribution in [3.05, 3.63) is 24.0 Å². The second kappa shape index (κ2) is 6.95. The predicted molar refractivity (Wildman–Crippen MR) is 92.3 cm³/mol. The van der Waals surface area contributed by atoms with Gasteiger partial charge in [-0.2, -0.15) is 10.1 Å². The van der Waals surface area contributed by atoms with E-state index in [4.69, 9.17) is 0 Å². The third-order valence-electron chi connectivity index (χ3n) is 3.95. The molecule has 1 aliphatic rings. The van der Waals surface area contributed by atoms with E-state index in [9.17, 15) is 0 Å². The van der Waals surface area contributed by atoms with Gasteiger partial charge in [-0.15, -0.1) is 0 Å². The van der Waals surface area contributed by atoms with Gasteiger partial charge in [0.05, 0.1) is 0 Å². The molecule has 7 nitrogen and oxygen atoms in total. The molecular weight excluding hydrogens is 290 g/mol. The maximum absolute atomic E-state index is 4.57. The van der Waals surface area contributed by atoms with E-state index in [1.807, 2.05) is 13.1 Å². The Labute approximate surface area is 137 Å². The molecule has 0 radical (unpaired) electrons. The molecule has 0 amide bonds. The van der Waals surface area contributed by atoms with E-state index < -0.39 is 0 Å². The molecule has 124 valence electrons. The number of anilines is 3. The van der Waals surface area contributed by atoms with E-state index >= 15 is 0 Å². The standard InChI is InChI=1S/C16H25N7/c1-22(2)9-4-10-23(3)16-17-8-7-14(19-16)18-15-11-13(20-21-15)12-5-6-12/h7-8,11-12H,4-6,9-10H2,1-3H3,(H2,17,18,19,20,21). The summed E-state index contributed by atoms with van der Waals surface area (Å²) in [7, 11) is 6.19. The number of H-pyrrole nitrogens is 1. The molecule has 0 atom stereocenters. The van der Waals surface area contributed by atoms with E-state index in [2.05, 4.69) is 55.4 Å². The third kappa shape index (κ3) is 4.41. The van der Waals surface area contributed by atoms with Gasteiger partial charge in [-0.05, 0) is 46.0 Å². The van der Waals surface area contributed by atoms with E-state index in [1.54, 1.807) is 6.20 Å². The first-order chi connectivity index (χ1) is 11.1. The van der Waals surface area contributed by atoms with Gasteiger partial charge < -0.3 is 15.1 Å². The highest BCUT2D eigenvalue weighted by Gasteiger charge is 2.25. The highest BCUT2D eigenvalue weighted by molar-refractivity contribution is 5.53. The average Bonchev–Trinajstić information content (AvgIpc) is 3.27. The molecule has 0 unspecified atom stereocenters. The number of hydrogen-bond acceptors (Lipinski definition) is 6. The summed E-state index contributed by atoms with van der Waals surface area (Å²) in [5.74, 6) is 2.98. The van der Waals surface area contributed by atoms with Gasteiger partial charge in [0, 0.05) is 37.5 Å². The first-order valence-electron chi connectivity index (χ1n) is 8.13. The van der Waals surface area contributed by atoms with E-state index in [0.717, 1.165) is 37.1 Å². The van der Waals surface area contributed by atoms with Crippen LogP contribution in [-0.4, -0.2) is 59.3 Å². The van der Waals surface area contributed by atoms with Gasteiger partial charge in [-0.1, -0.05) is 0 Å². The van der Waals surface area contributed by atoms with Crippen molar-refractivity contribution in [1.29, 1.82) is 0 Å². The van der Waals surface area contributed by atoms with E-state index in [0.29, 0.717) is 5.92 Å². The number of aromatic nitrogens is 4. The molecule has 2 heterocycles. The smallest absolute Gasteiger partial charge is 0.227 e. The molecule has 2 aromatic heterocycles. The van der Waals surface area contributed by atoms with Crippen molar-refractivity contribution in [1.82, 2.24) is 25.1 Å². The van der Waals surface area contributed by atoms with Crippen LogP contribution < -0.4 is 10.2 Å². The summed E-state index contributed by atoms with van der Waals surface area (Å²) in [5.41, 5.74) is 1.21. The third-order valence-corrected chi connectivity index (χ3v) is 3.95. The molecule has 3 rings (SSSR count). The maximum Gasteiger partial charge on any atom is 0.227 e. The van der Waals surface area contributed by atoms with Crippen LogP contribution >= 0.6 is 0 Å². The maximum atomic E-state index is 4.57. The summed E-state index contributed by atoms with van der Waals surface area (Å²) in [6, 6.07) is 3.93. The molecule has 1 saturated carbocycles. The fourth-order valence-corrected chi connectivity index (χ4v) is 2.46. The number of nitrogens with zero attached hydrogens (tertiary/aromatic N) is 5. The second-order valence-electron chi connectivity index (χ2n) is 6.43. The van der Waals surface area contributed by atoms with Gasteiger partial charge >= 0.3 is 0 Å². The van der Waals surface area contributed by atoms with Crippen LogP contribution in [0, 0.1) is 0 Å². The molecule has 7 heteroatoms. The lowest BCUT2D eigenvalue weighted by Gasteiger charge is -2.18. The average molecular weight is 315 g/mol. The molecule has 0 aliphatic heterocycles. The monoisotopic (exact) mass is 315 g/mol. The molecule has 1 aliphatic carbocycles. The van der Waals surface area contributed by atoms with Crippen molar-refractivity contribution in [3.8, 4) is 0 Å². The molecule has 2 aromatic rings. The zero-order chi connectivity index (χ0) is 16.2. The van der Waals surface area contributed by atoms with Crippen molar-refractivity contribution >= 4 is 17.6 Å². The minimum absolute atomic E-state index is 0.668. The molecular formula is C16H25N7. The Balaban J connectivity index is 1.59. The summed E-state index contributed by atoms with van der Waals surface area (Å²) < 4.78 is 0. The minimum Gasteiger partial charge on any atom is -0.344 e. The highest BCUT2D eigenvalue weighted by Crippen LogP contribution is 2.39. The molecule has 0 spiro atoms. The fourth-order valence-electron chi connectivity index (χ4n) is 2.46. The molecule has 23 heavy (non-hydrogen) atoms. The van der Waals surface area contributed by atoms with Crippen LogP contribution in [-0.2, 0) is 0 Å². The van der Waals surface area contributed by atoms with Gasteiger partial charge in [0.15, 0.2) is 5.82 Å². The quantitative estimate of drug-likeness (QED) is 0.778. The first kappa shape index (κ1) is 15.7. The van der Waals surface area contributed by atoms with Crippen molar-refractivity contribution < 1.29 is 0 Å². The Morgan fingerprint density at radius 3 is 2.78 bits per heavy atom. The Bertz CT molecular complexity index is 633. The van der Waals surface area contributed by atoms with Crippen molar-refractivity contribution in [2.45, 2.75) is 25.2 Å². The van der Waals surface area contributed by atoms with Crippen LogP contribution in [0.25, 0.3) is 0 Å². The Morgan fingerprint density at radius 2 is 2.04 bits per heavy atom. The van der Waals surface area contributed by atoms with Crippen molar-refractivity contribution in [2.24, 2.45) is 0 Å². The lowest BCUT2D eigenvalue weighted by molar-refractivity contribution is 0.401. The van der Waals surface area contributed by atoms with Gasteiger partial charge in [0.25, 0.3) is 0 Å². The zero-order valence-electron chi connectivity index (χ0n) is 14.1. The van der Waals surface area contributed by atoms with Crippen LogP contribution in [0.5, 0.6) is 0 Å². The Hall–Kier alpha value is -2.15. The summed E-state index contributed by atoms with van der Waals surface area (Å²) in [6.07, 6.45) is 5.38. The predicted octanol–water partition coefficient (Wildman–Crippen LogP) is 2.21. The van der Waals surface area contributed by atoms with Gasteiger partial charge in [-0.25, -0.2) is 4.98 Å². The van der Waals surface area contributed by atoms with Gasteiger partial charge in [0.2, 0.25) is 5.95 Å². The normalized spacial score (nSPS) is 14.3. The van der Waals surface area contributed by atoms with E-state index in [-0.39, 0.29) is 0 Å². The van der Waals surface area contributed by atoms with Crippen molar-refractivity contribution in [3.63, 3.8) is 0 Å². The molecule has 0 aromatic carbocycles. The van der Waals surface area contributed by atoms with Crippen LogP contribution in [0.3, 0.4) is 0 Å². The number of aromatic amines is 1. The summed E-state index contributed by atoms with van der Waals surface area (Å²) >= 11 is 0. The van der Waals surface area contributed by atoms with Crippen LogP contribution in [0.15, 0.2) is 18.3 Å². The fraction of sp³-hybridized carbons (Fsp3) is 0.562. The molecule has 2 N–H and O–H groups in total. The van der Waals surface area contributed by atoms with Crippen molar-refractivity contribution in [2.75, 3.05) is 44.4 Å². The van der Waals surface area contributed by atoms with Gasteiger partial charge in [0.1, 0.15) is 5.82 Å². The lowest BCUT2D eigenvalue weighted by atomic mass is 10.3. The summed E-state index contributed by atoms with van der Waals surface area (Å²) in [6.45, 7) is 1.98. The Kier molecular flexibility index (Phi) is 4.76. The van der Waals surface area contributed by atoms with Gasteiger partial charge in [-0.3, -0.25) is 5.10 Å². The van der Waals surface area contributed by atoms with Crippen LogP contribution in [0.4, 0.5) is 17.6 Å². The SMILES string of the molecule is CN(C)CCCN(C)c1nccc(Nc2cc(C3CC3)[nH]n2)n1. The van der Waals surface area contributed by atoms with Crippen LogP contribution in [0.1, 0.15) is 30.9 Å². The molecule has 1 fully saturated rings. The largest absolute Gasteiger partial charge is 0.344 e. The zero-order valence-corrected chi connectivity index (χ0v) is 14.1.